The Bertz CT molecular complexity index is 389. The van der Waals surface area contributed by atoms with Crippen LogP contribution in [0.15, 0.2) is 16.6 Å². The third-order valence-electron chi connectivity index (χ3n) is 3.08. The second-order valence-electron chi connectivity index (χ2n) is 4.47. The summed E-state index contributed by atoms with van der Waals surface area (Å²) in [6.45, 7) is 3.61. The van der Waals surface area contributed by atoms with Crippen LogP contribution in [0.3, 0.4) is 0 Å². The van der Waals surface area contributed by atoms with E-state index in [1.807, 2.05) is 13.0 Å². The smallest absolute Gasteiger partial charge is 0.139 e. The Kier molecular flexibility index (Phi) is 4.40. The fourth-order valence-corrected chi connectivity index (χ4v) is 2.53. The Labute approximate surface area is 110 Å². The molecule has 17 heavy (non-hydrogen) atoms. The van der Waals surface area contributed by atoms with E-state index >= 15 is 0 Å². The van der Waals surface area contributed by atoms with Crippen molar-refractivity contribution in [2.24, 2.45) is 0 Å². The predicted octanol–water partition coefficient (Wildman–Crippen LogP) is 3.88. The van der Waals surface area contributed by atoms with Gasteiger partial charge in [0.1, 0.15) is 5.82 Å². The van der Waals surface area contributed by atoms with Gasteiger partial charge in [0.25, 0.3) is 0 Å². The number of hydrogen-bond acceptors (Lipinski definition) is 2. The summed E-state index contributed by atoms with van der Waals surface area (Å²) in [5, 5.41) is 3.42. The second-order valence-corrected chi connectivity index (χ2v) is 5.32. The summed E-state index contributed by atoms with van der Waals surface area (Å²) in [6, 6.07) is 3.76. The van der Waals surface area contributed by atoms with Crippen molar-refractivity contribution < 1.29 is 9.13 Å². The van der Waals surface area contributed by atoms with E-state index in [-0.39, 0.29) is 5.82 Å². The van der Waals surface area contributed by atoms with Crippen molar-refractivity contribution in [2.45, 2.75) is 32.2 Å². The molecule has 1 aromatic rings. The van der Waals surface area contributed by atoms with Gasteiger partial charge in [0.15, 0.2) is 0 Å². The van der Waals surface area contributed by atoms with E-state index in [2.05, 4.69) is 21.2 Å². The molecule has 0 amide bonds. The van der Waals surface area contributed by atoms with Gasteiger partial charge in [-0.15, -0.1) is 0 Å². The third-order valence-corrected chi connectivity index (χ3v) is 3.69. The predicted molar refractivity (Wildman–Crippen MR) is 70.9 cm³/mol. The van der Waals surface area contributed by atoms with Crippen molar-refractivity contribution in [1.29, 1.82) is 0 Å². The van der Waals surface area contributed by atoms with Gasteiger partial charge in [0.2, 0.25) is 0 Å². The van der Waals surface area contributed by atoms with Gasteiger partial charge in [-0.25, -0.2) is 4.39 Å². The minimum atomic E-state index is -0.219. The van der Waals surface area contributed by atoms with Gasteiger partial charge in [-0.1, -0.05) is 0 Å². The molecule has 1 N–H and O–H groups in total. The number of aryl methyl sites for hydroxylation is 1. The van der Waals surface area contributed by atoms with Crippen molar-refractivity contribution >= 4 is 21.6 Å². The zero-order chi connectivity index (χ0) is 12.3. The lowest BCUT2D eigenvalue weighted by molar-refractivity contribution is 0.144. The Morgan fingerprint density at radius 1 is 1.35 bits per heavy atom. The molecule has 0 aromatic heterocycles. The molecular formula is C13H17BrFNO. The van der Waals surface area contributed by atoms with Gasteiger partial charge in [-0.2, -0.15) is 0 Å². The number of halogens is 2. The molecule has 1 saturated heterocycles. The van der Waals surface area contributed by atoms with Gasteiger partial charge in [0, 0.05) is 24.9 Å². The van der Waals surface area contributed by atoms with Crippen molar-refractivity contribution in [3.63, 3.8) is 0 Å². The molecule has 0 aliphatic carbocycles. The number of anilines is 1. The largest absolute Gasteiger partial charge is 0.382 e. The monoisotopic (exact) mass is 301 g/mol. The van der Waals surface area contributed by atoms with Crippen molar-refractivity contribution in [1.82, 2.24) is 0 Å². The molecule has 0 bridgehead atoms. The highest BCUT2D eigenvalue weighted by atomic mass is 79.9. The van der Waals surface area contributed by atoms with Crippen LogP contribution >= 0.6 is 15.9 Å². The minimum absolute atomic E-state index is 0.219. The van der Waals surface area contributed by atoms with Crippen molar-refractivity contribution in [3.8, 4) is 0 Å². The summed E-state index contributed by atoms with van der Waals surface area (Å²) >= 11 is 3.20. The number of rotatable bonds is 2. The molecule has 1 fully saturated rings. The summed E-state index contributed by atoms with van der Waals surface area (Å²) in [5.41, 5.74) is 1.95. The average molecular weight is 302 g/mol. The van der Waals surface area contributed by atoms with E-state index in [0.717, 1.165) is 43.7 Å². The van der Waals surface area contributed by atoms with Crippen LogP contribution < -0.4 is 5.32 Å². The zero-order valence-electron chi connectivity index (χ0n) is 9.93. The summed E-state index contributed by atoms with van der Waals surface area (Å²) in [7, 11) is 0. The number of ether oxygens (including phenoxy) is 1. The Balaban J connectivity index is 2.09. The van der Waals surface area contributed by atoms with Gasteiger partial charge < -0.3 is 10.1 Å². The standard InChI is InChI=1S/C13H17BrFNO/c1-9-7-11(14)12(15)8-13(9)16-10-3-2-5-17-6-4-10/h7-8,10,16H,2-6H2,1H3. The van der Waals surface area contributed by atoms with Crippen LogP contribution in [0.25, 0.3) is 0 Å². The van der Waals surface area contributed by atoms with Gasteiger partial charge in [-0.05, 0) is 59.8 Å². The maximum absolute atomic E-state index is 13.5. The molecule has 2 nitrogen and oxygen atoms in total. The molecule has 4 heteroatoms. The average Bonchev–Trinajstić information content (AvgIpc) is 2.54. The number of hydrogen-bond donors (Lipinski definition) is 1. The quantitative estimate of drug-likeness (QED) is 0.895. The van der Waals surface area contributed by atoms with Crippen LogP contribution in [0, 0.1) is 12.7 Å². The maximum atomic E-state index is 13.5. The molecule has 1 heterocycles. The molecule has 0 spiro atoms. The highest BCUT2D eigenvalue weighted by molar-refractivity contribution is 9.10. The summed E-state index contributed by atoms with van der Waals surface area (Å²) in [6.07, 6.45) is 3.13. The van der Waals surface area contributed by atoms with Crippen molar-refractivity contribution in [3.05, 3.63) is 28.0 Å². The molecule has 94 valence electrons. The summed E-state index contributed by atoms with van der Waals surface area (Å²) in [5.74, 6) is -0.219. The first-order valence-corrected chi connectivity index (χ1v) is 6.76. The summed E-state index contributed by atoms with van der Waals surface area (Å²) in [4.78, 5) is 0. The zero-order valence-corrected chi connectivity index (χ0v) is 11.5. The highest BCUT2D eigenvalue weighted by Crippen LogP contribution is 2.25. The van der Waals surface area contributed by atoms with E-state index in [4.69, 9.17) is 4.74 Å². The fourth-order valence-electron chi connectivity index (χ4n) is 2.07. The molecule has 0 saturated carbocycles. The van der Waals surface area contributed by atoms with Crippen LogP contribution in [0.4, 0.5) is 10.1 Å². The molecule has 0 radical (unpaired) electrons. The van der Waals surface area contributed by atoms with E-state index in [0.29, 0.717) is 10.5 Å². The Morgan fingerprint density at radius 2 is 2.18 bits per heavy atom. The van der Waals surface area contributed by atoms with Crippen LogP contribution in [0.1, 0.15) is 24.8 Å². The van der Waals surface area contributed by atoms with Crippen molar-refractivity contribution in [2.75, 3.05) is 18.5 Å². The first-order valence-electron chi connectivity index (χ1n) is 5.97. The minimum Gasteiger partial charge on any atom is -0.382 e. The molecular weight excluding hydrogens is 285 g/mol. The topological polar surface area (TPSA) is 21.3 Å². The lowest BCUT2D eigenvalue weighted by Crippen LogP contribution is -2.20. The van der Waals surface area contributed by atoms with Gasteiger partial charge >= 0.3 is 0 Å². The number of nitrogens with one attached hydrogen (secondary N) is 1. The molecule has 1 aliphatic rings. The Morgan fingerprint density at radius 3 is 3.00 bits per heavy atom. The van der Waals surface area contributed by atoms with Crippen LogP contribution in [-0.2, 0) is 4.74 Å². The van der Waals surface area contributed by atoms with E-state index in [9.17, 15) is 4.39 Å². The van der Waals surface area contributed by atoms with Crippen LogP contribution in [0.5, 0.6) is 0 Å². The molecule has 1 aliphatic heterocycles. The fraction of sp³-hybridized carbons (Fsp3) is 0.538. The lowest BCUT2D eigenvalue weighted by atomic mass is 10.1. The van der Waals surface area contributed by atoms with E-state index in [1.165, 1.54) is 0 Å². The van der Waals surface area contributed by atoms with Gasteiger partial charge in [0.05, 0.1) is 4.47 Å². The molecule has 1 aromatic carbocycles. The SMILES string of the molecule is Cc1cc(Br)c(F)cc1NC1CCCOCC1. The highest BCUT2D eigenvalue weighted by Gasteiger charge is 2.14. The van der Waals surface area contributed by atoms with Gasteiger partial charge in [-0.3, -0.25) is 0 Å². The number of benzene rings is 1. The van der Waals surface area contributed by atoms with Crippen LogP contribution in [-0.4, -0.2) is 19.3 Å². The van der Waals surface area contributed by atoms with E-state index in [1.54, 1.807) is 6.07 Å². The lowest BCUT2D eigenvalue weighted by Gasteiger charge is -2.19. The normalized spacial score (nSPS) is 21.0. The first-order chi connectivity index (χ1) is 8.16. The molecule has 1 atom stereocenters. The third kappa shape index (κ3) is 3.42. The van der Waals surface area contributed by atoms with Crippen LogP contribution in [0.2, 0.25) is 0 Å². The molecule has 1 unspecified atom stereocenters. The molecule has 2 rings (SSSR count). The maximum Gasteiger partial charge on any atom is 0.139 e. The first kappa shape index (κ1) is 12.8. The van der Waals surface area contributed by atoms with E-state index < -0.39 is 0 Å². The Hall–Kier alpha value is -0.610. The summed E-state index contributed by atoms with van der Waals surface area (Å²) < 4.78 is 19.4. The second kappa shape index (κ2) is 5.83.